The van der Waals surface area contributed by atoms with Gasteiger partial charge in [0.2, 0.25) is 10.0 Å². The van der Waals surface area contributed by atoms with Crippen LogP contribution in [0.5, 0.6) is 0 Å². The van der Waals surface area contributed by atoms with Crippen molar-refractivity contribution in [3.63, 3.8) is 0 Å². The monoisotopic (exact) mass is 342 g/mol. The van der Waals surface area contributed by atoms with Gasteiger partial charge in [-0.05, 0) is 25.8 Å². The van der Waals surface area contributed by atoms with Crippen molar-refractivity contribution in [1.82, 2.24) is 9.21 Å². The molecule has 0 aromatic carbocycles. The number of piperidine rings is 1. The lowest BCUT2D eigenvalue weighted by Gasteiger charge is -2.36. The molecule has 0 spiro atoms. The van der Waals surface area contributed by atoms with Gasteiger partial charge >= 0.3 is 0 Å². The number of amides is 1. The summed E-state index contributed by atoms with van der Waals surface area (Å²) in [5.74, 6) is 0.0730. The van der Waals surface area contributed by atoms with Gasteiger partial charge in [0, 0.05) is 31.7 Å². The molecule has 0 unspecified atom stereocenters. The number of morpholine rings is 1. The first-order valence-corrected chi connectivity index (χ1v) is 9.40. The van der Waals surface area contributed by atoms with E-state index in [-0.39, 0.29) is 12.5 Å². The van der Waals surface area contributed by atoms with Gasteiger partial charge in [0.15, 0.2) is 5.76 Å². The first-order valence-electron chi connectivity index (χ1n) is 7.90. The molecule has 0 bridgehead atoms. The summed E-state index contributed by atoms with van der Waals surface area (Å²) in [6.07, 6.45) is 2.74. The number of hydrogen-bond donors (Lipinski definition) is 0. The molecule has 0 saturated carbocycles. The van der Waals surface area contributed by atoms with Crippen LogP contribution in [0.1, 0.15) is 29.0 Å². The molecule has 3 heterocycles. The van der Waals surface area contributed by atoms with Gasteiger partial charge in [-0.2, -0.15) is 4.31 Å². The predicted molar refractivity (Wildman–Crippen MR) is 83.7 cm³/mol. The Morgan fingerprint density at radius 2 is 2.00 bits per heavy atom. The van der Waals surface area contributed by atoms with Gasteiger partial charge in [-0.1, -0.05) is 0 Å². The van der Waals surface area contributed by atoms with Crippen LogP contribution in [0.4, 0.5) is 0 Å². The van der Waals surface area contributed by atoms with Crippen LogP contribution in [0.2, 0.25) is 0 Å². The molecule has 1 aromatic rings. The number of likely N-dealkylation sites (tertiary alicyclic amines) is 1. The number of ether oxygens (including phenoxy) is 1. The van der Waals surface area contributed by atoms with E-state index in [1.54, 1.807) is 11.0 Å². The zero-order valence-corrected chi connectivity index (χ0v) is 14.0. The molecule has 1 atom stereocenters. The van der Waals surface area contributed by atoms with Crippen molar-refractivity contribution in [3.8, 4) is 0 Å². The van der Waals surface area contributed by atoms with Crippen LogP contribution in [-0.2, 0) is 14.8 Å². The van der Waals surface area contributed by atoms with Gasteiger partial charge in [0.1, 0.15) is 0 Å². The SMILES string of the molecule is Cc1ccoc1C(=O)N1CCC[C@@H](S(=O)(=O)N2CCOCC2)C1. The maximum Gasteiger partial charge on any atom is 0.289 e. The fourth-order valence-electron chi connectivity index (χ4n) is 3.11. The lowest BCUT2D eigenvalue weighted by Crippen LogP contribution is -2.51. The molecule has 8 heteroatoms. The van der Waals surface area contributed by atoms with E-state index in [1.165, 1.54) is 10.6 Å². The fraction of sp³-hybridized carbons (Fsp3) is 0.667. The van der Waals surface area contributed by atoms with E-state index in [1.807, 2.05) is 6.92 Å². The summed E-state index contributed by atoms with van der Waals surface area (Å²) < 4.78 is 37.5. The van der Waals surface area contributed by atoms with E-state index >= 15 is 0 Å². The molecule has 3 rings (SSSR count). The van der Waals surface area contributed by atoms with Crippen LogP contribution < -0.4 is 0 Å². The number of rotatable bonds is 3. The number of nitrogens with zero attached hydrogens (tertiary/aromatic N) is 2. The number of carbonyl (C=O) groups excluding carboxylic acids is 1. The minimum absolute atomic E-state index is 0.221. The van der Waals surface area contributed by atoms with Gasteiger partial charge in [-0.3, -0.25) is 4.79 Å². The molecule has 0 aliphatic carbocycles. The average molecular weight is 342 g/mol. The number of furan rings is 1. The van der Waals surface area contributed by atoms with Crippen molar-refractivity contribution >= 4 is 15.9 Å². The molecule has 2 aliphatic rings. The van der Waals surface area contributed by atoms with Gasteiger partial charge in [0.05, 0.1) is 24.7 Å². The number of hydrogen-bond acceptors (Lipinski definition) is 5. The van der Waals surface area contributed by atoms with Crippen LogP contribution in [0.25, 0.3) is 0 Å². The minimum Gasteiger partial charge on any atom is -0.459 e. The maximum absolute atomic E-state index is 12.8. The van der Waals surface area contributed by atoms with Crippen molar-refractivity contribution in [1.29, 1.82) is 0 Å². The molecule has 0 radical (unpaired) electrons. The van der Waals surface area contributed by atoms with E-state index in [2.05, 4.69) is 0 Å². The van der Waals surface area contributed by atoms with Gasteiger partial charge in [-0.15, -0.1) is 0 Å². The molecule has 0 N–H and O–H groups in total. The van der Waals surface area contributed by atoms with E-state index in [0.29, 0.717) is 51.4 Å². The molecule has 128 valence electrons. The van der Waals surface area contributed by atoms with Crippen LogP contribution in [0.15, 0.2) is 16.7 Å². The highest BCUT2D eigenvalue weighted by atomic mass is 32.2. The Hall–Kier alpha value is -1.38. The lowest BCUT2D eigenvalue weighted by atomic mass is 10.1. The van der Waals surface area contributed by atoms with Crippen LogP contribution in [0.3, 0.4) is 0 Å². The van der Waals surface area contributed by atoms with Crippen LogP contribution >= 0.6 is 0 Å². The predicted octanol–water partition coefficient (Wildman–Crippen LogP) is 0.855. The zero-order valence-electron chi connectivity index (χ0n) is 13.2. The highest BCUT2D eigenvalue weighted by Crippen LogP contribution is 2.23. The Labute approximate surface area is 136 Å². The van der Waals surface area contributed by atoms with Gasteiger partial charge in [0.25, 0.3) is 5.91 Å². The molecule has 7 nitrogen and oxygen atoms in total. The third kappa shape index (κ3) is 3.29. The standard InChI is InChI=1S/C15H22N2O5S/c1-12-4-8-22-14(12)15(18)16-5-2-3-13(11-16)23(19,20)17-6-9-21-10-7-17/h4,8,13H,2-3,5-7,9-11H2,1H3/t13-/m1/s1. The van der Waals surface area contributed by atoms with Crippen molar-refractivity contribution in [3.05, 3.63) is 23.7 Å². The molecule has 1 aromatic heterocycles. The zero-order chi connectivity index (χ0) is 16.4. The summed E-state index contributed by atoms with van der Waals surface area (Å²) in [5, 5.41) is -0.548. The Kier molecular flexibility index (Phi) is 4.74. The third-order valence-corrected chi connectivity index (χ3v) is 6.79. The lowest BCUT2D eigenvalue weighted by molar-refractivity contribution is 0.0666. The molecular formula is C15H22N2O5S. The summed E-state index contributed by atoms with van der Waals surface area (Å²) in [6, 6.07) is 1.74. The summed E-state index contributed by atoms with van der Waals surface area (Å²) in [6.45, 7) is 4.24. The first-order chi connectivity index (χ1) is 11.0. The third-order valence-electron chi connectivity index (χ3n) is 4.47. The fourth-order valence-corrected chi connectivity index (χ4v) is 5.03. The van der Waals surface area contributed by atoms with Crippen molar-refractivity contribution < 1.29 is 22.4 Å². The number of sulfonamides is 1. The van der Waals surface area contributed by atoms with Gasteiger partial charge < -0.3 is 14.1 Å². The van der Waals surface area contributed by atoms with E-state index in [0.717, 1.165) is 5.56 Å². The van der Waals surface area contributed by atoms with Crippen molar-refractivity contribution in [2.24, 2.45) is 0 Å². The highest BCUT2D eigenvalue weighted by molar-refractivity contribution is 7.89. The summed E-state index contributed by atoms with van der Waals surface area (Å²) in [7, 11) is -3.40. The second kappa shape index (κ2) is 6.62. The average Bonchev–Trinajstić information content (AvgIpc) is 3.01. The van der Waals surface area contributed by atoms with Crippen LogP contribution in [-0.4, -0.2) is 68.2 Å². The highest BCUT2D eigenvalue weighted by Gasteiger charge is 2.38. The summed E-state index contributed by atoms with van der Waals surface area (Å²) >= 11 is 0. The topological polar surface area (TPSA) is 80.1 Å². The smallest absolute Gasteiger partial charge is 0.289 e. The maximum atomic E-state index is 12.8. The minimum atomic E-state index is -3.40. The first kappa shape index (κ1) is 16.5. The van der Waals surface area contributed by atoms with Crippen molar-refractivity contribution in [2.45, 2.75) is 25.0 Å². The van der Waals surface area contributed by atoms with Crippen molar-refractivity contribution in [2.75, 3.05) is 39.4 Å². The second-order valence-corrected chi connectivity index (χ2v) is 8.22. The number of carbonyl (C=O) groups is 1. The summed E-state index contributed by atoms with van der Waals surface area (Å²) in [5.41, 5.74) is 0.771. The normalized spacial score (nSPS) is 23.9. The second-order valence-electron chi connectivity index (χ2n) is 6.00. The molecule has 2 fully saturated rings. The molecule has 2 aliphatic heterocycles. The molecule has 1 amide bonds. The van der Waals surface area contributed by atoms with Crippen LogP contribution in [0, 0.1) is 6.92 Å². The largest absolute Gasteiger partial charge is 0.459 e. The Balaban J connectivity index is 1.73. The quantitative estimate of drug-likeness (QED) is 0.814. The summed E-state index contributed by atoms with van der Waals surface area (Å²) in [4.78, 5) is 14.1. The van der Waals surface area contributed by atoms with E-state index < -0.39 is 15.3 Å². The molecular weight excluding hydrogens is 320 g/mol. The van der Waals surface area contributed by atoms with E-state index in [9.17, 15) is 13.2 Å². The Morgan fingerprint density at radius 1 is 1.26 bits per heavy atom. The Morgan fingerprint density at radius 3 is 2.65 bits per heavy atom. The Bertz CT molecular complexity index is 663. The number of aryl methyl sites for hydroxylation is 1. The molecule has 23 heavy (non-hydrogen) atoms. The molecule has 2 saturated heterocycles. The van der Waals surface area contributed by atoms with E-state index in [4.69, 9.17) is 9.15 Å². The van der Waals surface area contributed by atoms with Gasteiger partial charge in [-0.25, -0.2) is 8.42 Å².